The van der Waals surface area contributed by atoms with Crippen molar-refractivity contribution < 1.29 is 58.5 Å². The van der Waals surface area contributed by atoms with Crippen molar-refractivity contribution in [2.24, 2.45) is 33.7 Å². The minimum Gasteiger partial charge on any atom is -0.481 e. The lowest BCUT2D eigenvalue weighted by Gasteiger charge is -2.27. The highest BCUT2D eigenvalue weighted by atomic mass is 32.2. The van der Waals surface area contributed by atoms with Gasteiger partial charge in [0.2, 0.25) is 35.4 Å². The monoisotopic (exact) mass is 819 g/mol. The lowest BCUT2D eigenvalue weighted by Crippen LogP contribution is -2.59. The standard InChI is InChI=1S/C32H57N11O12S/c1-56-16-13-21(30(53)41-20(8-11-24(45)46)29(52)43-22(31(54)55)9-12-25(47)48)42-28(51)19(7-10-23(35)44)40-27(50)18(6-2-3-14-33)39-26(49)17(34)5-4-15-38-32(36)37/h17-22H,2-16,33-34H2,1H3,(H2,35,44)(H,39,49)(H,40,50)(H,41,53)(H,42,51)(H,43,52)(H,45,46)(H,47,48)(H,54,55)(H4,36,37,38)/t17-,18-,19-,20-,21+,22-/m0/s1. The van der Waals surface area contributed by atoms with E-state index in [1.165, 1.54) is 11.8 Å². The molecule has 0 aromatic rings. The average Bonchev–Trinajstić information content (AvgIpc) is 3.12. The second-order valence-corrected chi connectivity index (χ2v) is 13.6. The predicted molar refractivity (Wildman–Crippen MR) is 203 cm³/mol. The highest BCUT2D eigenvalue weighted by Gasteiger charge is 2.33. The summed E-state index contributed by atoms with van der Waals surface area (Å²) < 4.78 is 0. The number of primary amides is 1. The Morgan fingerprint density at radius 2 is 1.00 bits per heavy atom. The first-order valence-corrected chi connectivity index (χ1v) is 19.2. The van der Waals surface area contributed by atoms with E-state index in [0.29, 0.717) is 25.8 Å². The van der Waals surface area contributed by atoms with E-state index in [1.807, 2.05) is 0 Å². The summed E-state index contributed by atoms with van der Waals surface area (Å²) in [4.78, 5) is 116. The van der Waals surface area contributed by atoms with E-state index in [9.17, 15) is 53.4 Å². The maximum atomic E-state index is 13.7. The third-order valence-corrected chi connectivity index (χ3v) is 8.63. The molecular weight excluding hydrogens is 762 g/mol. The topological polar surface area (TPSA) is 417 Å². The number of carboxylic acids is 3. The van der Waals surface area contributed by atoms with Gasteiger partial charge in [0.25, 0.3) is 0 Å². The molecule has 0 aliphatic carbocycles. The van der Waals surface area contributed by atoms with Crippen molar-refractivity contribution in [2.45, 2.75) is 113 Å². The summed E-state index contributed by atoms with van der Waals surface area (Å²) in [5, 5.41) is 39.6. The Kier molecular flexibility index (Phi) is 25.6. The molecule has 6 amide bonds. The summed E-state index contributed by atoms with van der Waals surface area (Å²) in [5.41, 5.74) is 27.5. The molecule has 0 saturated carbocycles. The van der Waals surface area contributed by atoms with Crippen LogP contribution in [0.15, 0.2) is 4.99 Å². The van der Waals surface area contributed by atoms with Crippen LogP contribution in [0.1, 0.15) is 77.0 Å². The number of rotatable bonds is 31. The first-order valence-electron chi connectivity index (χ1n) is 17.8. The fraction of sp³-hybridized carbons (Fsp3) is 0.688. The Balaban J connectivity index is 6.24. The molecule has 0 heterocycles. The molecule has 0 spiro atoms. The third kappa shape index (κ3) is 22.9. The van der Waals surface area contributed by atoms with E-state index < -0.39 is 115 Å². The molecule has 23 nitrogen and oxygen atoms in total. The van der Waals surface area contributed by atoms with E-state index in [4.69, 9.17) is 33.8 Å². The molecular formula is C32H57N11O12S. The van der Waals surface area contributed by atoms with Gasteiger partial charge in [-0.25, -0.2) is 4.79 Å². The second kappa shape index (κ2) is 28.2. The Morgan fingerprint density at radius 3 is 1.43 bits per heavy atom. The normalized spacial score (nSPS) is 14.0. The SMILES string of the molecule is CSCC[C@@H](NC(=O)[C@H](CCC(N)=O)NC(=O)[C@H](CCCCN)NC(=O)[C@@H](N)CCCN=C(N)N)C(=O)N[C@@H](CCC(=O)O)C(=O)N[C@@H](CCC(=O)O)C(=O)O. The van der Waals surface area contributed by atoms with Crippen LogP contribution in [-0.2, 0) is 43.2 Å². The minimum atomic E-state index is -1.68. The van der Waals surface area contributed by atoms with Gasteiger partial charge in [0.05, 0.1) is 6.04 Å². The van der Waals surface area contributed by atoms with Crippen molar-refractivity contribution in [3.8, 4) is 0 Å². The van der Waals surface area contributed by atoms with Crippen molar-refractivity contribution in [3.05, 3.63) is 0 Å². The van der Waals surface area contributed by atoms with E-state index in [1.54, 1.807) is 6.26 Å². The predicted octanol–water partition coefficient (Wildman–Crippen LogP) is -4.25. The van der Waals surface area contributed by atoms with Crippen molar-refractivity contribution in [1.82, 2.24) is 26.6 Å². The van der Waals surface area contributed by atoms with Crippen molar-refractivity contribution in [3.63, 3.8) is 0 Å². The summed E-state index contributed by atoms with van der Waals surface area (Å²) in [6.07, 6.45) is 0.202. The molecule has 18 N–H and O–H groups in total. The number of carbonyl (C=O) groups is 9. The number of carboxylic acid groups (broad SMARTS) is 3. The number of carbonyl (C=O) groups excluding carboxylic acids is 6. The number of aliphatic imine (C=N–C) groups is 1. The largest absolute Gasteiger partial charge is 0.481 e. The van der Waals surface area contributed by atoms with Gasteiger partial charge in [-0.3, -0.25) is 43.3 Å². The molecule has 0 saturated heterocycles. The summed E-state index contributed by atoms with van der Waals surface area (Å²) in [6.45, 7) is 0.506. The number of nitrogens with one attached hydrogen (secondary N) is 5. The first kappa shape index (κ1) is 50.8. The maximum Gasteiger partial charge on any atom is 0.326 e. The molecule has 56 heavy (non-hydrogen) atoms. The van der Waals surface area contributed by atoms with Crippen LogP contribution in [0.4, 0.5) is 0 Å². The molecule has 0 unspecified atom stereocenters. The number of nitrogens with two attached hydrogens (primary N) is 5. The molecule has 0 aromatic carbocycles. The van der Waals surface area contributed by atoms with Gasteiger partial charge >= 0.3 is 17.9 Å². The van der Waals surface area contributed by atoms with Gasteiger partial charge in [-0.1, -0.05) is 0 Å². The van der Waals surface area contributed by atoms with Crippen LogP contribution in [-0.4, -0.2) is 136 Å². The number of hydrogen-bond donors (Lipinski definition) is 13. The number of unbranched alkanes of at least 4 members (excludes halogenated alkanes) is 1. The Labute approximate surface area is 327 Å². The maximum absolute atomic E-state index is 13.7. The minimum absolute atomic E-state index is 0.0439. The molecule has 0 radical (unpaired) electrons. The van der Waals surface area contributed by atoms with Crippen molar-refractivity contribution >= 4 is 71.1 Å². The van der Waals surface area contributed by atoms with Gasteiger partial charge in [-0.15, -0.1) is 0 Å². The third-order valence-electron chi connectivity index (χ3n) is 7.98. The Bertz CT molecular complexity index is 1380. The fourth-order valence-electron chi connectivity index (χ4n) is 4.90. The number of thioether (sulfide) groups is 1. The Morgan fingerprint density at radius 1 is 0.571 bits per heavy atom. The molecule has 6 atom stereocenters. The van der Waals surface area contributed by atoms with Crippen molar-refractivity contribution in [2.75, 3.05) is 25.1 Å². The van der Waals surface area contributed by atoms with Crippen LogP contribution in [0, 0.1) is 0 Å². The number of guanidine groups is 1. The van der Waals surface area contributed by atoms with Crippen LogP contribution < -0.4 is 55.3 Å². The quantitative estimate of drug-likeness (QED) is 0.0179. The first-order chi connectivity index (χ1) is 26.3. The molecule has 0 aliphatic heterocycles. The summed E-state index contributed by atoms with van der Waals surface area (Å²) in [6, 6.07) is -8.42. The molecule has 0 aromatic heterocycles. The number of amides is 6. The molecule has 318 valence electrons. The van der Waals surface area contributed by atoms with Crippen LogP contribution in [0.2, 0.25) is 0 Å². The summed E-state index contributed by atoms with van der Waals surface area (Å²) in [7, 11) is 0. The van der Waals surface area contributed by atoms with Crippen LogP contribution in [0.3, 0.4) is 0 Å². The average molecular weight is 820 g/mol. The second-order valence-electron chi connectivity index (χ2n) is 12.6. The summed E-state index contributed by atoms with van der Waals surface area (Å²) in [5.74, 6) is -9.45. The molecule has 0 fully saturated rings. The Hall–Kier alpha value is -5.23. The van der Waals surface area contributed by atoms with Crippen LogP contribution in [0.5, 0.6) is 0 Å². The zero-order valence-corrected chi connectivity index (χ0v) is 32.1. The van der Waals surface area contributed by atoms with Gasteiger partial charge in [0, 0.05) is 25.8 Å². The highest BCUT2D eigenvalue weighted by Crippen LogP contribution is 2.09. The van der Waals surface area contributed by atoms with Crippen LogP contribution >= 0.6 is 11.8 Å². The number of aliphatic carboxylic acids is 3. The van der Waals surface area contributed by atoms with Gasteiger partial charge < -0.3 is 70.6 Å². The van der Waals surface area contributed by atoms with Crippen LogP contribution in [0.25, 0.3) is 0 Å². The van der Waals surface area contributed by atoms with E-state index in [-0.39, 0.29) is 50.4 Å². The molecule has 0 bridgehead atoms. The van der Waals surface area contributed by atoms with Crippen molar-refractivity contribution in [1.29, 1.82) is 0 Å². The zero-order valence-electron chi connectivity index (χ0n) is 31.3. The van der Waals surface area contributed by atoms with Gasteiger partial charge in [-0.05, 0) is 76.3 Å². The number of hydrogen-bond acceptors (Lipinski definition) is 13. The van der Waals surface area contributed by atoms with E-state index >= 15 is 0 Å². The molecule has 0 aliphatic rings. The van der Waals surface area contributed by atoms with Gasteiger partial charge in [0.15, 0.2) is 5.96 Å². The van der Waals surface area contributed by atoms with Gasteiger partial charge in [-0.2, -0.15) is 11.8 Å². The highest BCUT2D eigenvalue weighted by molar-refractivity contribution is 7.98. The lowest BCUT2D eigenvalue weighted by atomic mass is 10.0. The summed E-state index contributed by atoms with van der Waals surface area (Å²) >= 11 is 1.29. The number of nitrogens with zero attached hydrogens (tertiary/aromatic N) is 1. The van der Waals surface area contributed by atoms with Gasteiger partial charge in [0.1, 0.15) is 30.2 Å². The zero-order chi connectivity index (χ0) is 42.8. The van der Waals surface area contributed by atoms with E-state index in [2.05, 4.69) is 31.6 Å². The lowest BCUT2D eigenvalue weighted by molar-refractivity contribution is -0.144. The smallest absolute Gasteiger partial charge is 0.326 e. The molecule has 0 rings (SSSR count). The molecule has 24 heteroatoms. The fourth-order valence-corrected chi connectivity index (χ4v) is 5.37. The van der Waals surface area contributed by atoms with E-state index in [0.717, 1.165) is 0 Å².